The molecule has 0 N–H and O–H groups in total. The maximum Gasteiger partial charge on any atom is 0.500 e. The van der Waals surface area contributed by atoms with E-state index in [2.05, 4.69) is 28.5 Å². The van der Waals surface area contributed by atoms with Crippen molar-refractivity contribution in [3.63, 3.8) is 0 Å². The molecular weight excluding hydrogens is 370 g/mol. The fourth-order valence-corrected chi connectivity index (χ4v) is 6.60. The molecule has 1 rings (SSSR count). The van der Waals surface area contributed by atoms with Gasteiger partial charge in [0.25, 0.3) is 0 Å². The quantitative estimate of drug-likeness (QED) is 0.338. The SMILES string of the molecule is CCCN(CCC)CCN1CCN(CCC[Si](OCC)(OCC)OCC)CC1. The topological polar surface area (TPSA) is 37.4 Å². The normalized spacial score (nSPS) is 16.9. The van der Waals surface area contributed by atoms with Gasteiger partial charge in [0, 0.05) is 65.1 Å². The summed E-state index contributed by atoms with van der Waals surface area (Å²) in [6, 6.07) is 0.922. The summed E-state index contributed by atoms with van der Waals surface area (Å²) in [5.74, 6) is 0. The maximum atomic E-state index is 5.97. The molecule has 6 nitrogen and oxygen atoms in total. The molecule has 1 aliphatic rings. The monoisotopic (exact) mass is 417 g/mol. The molecule has 0 radical (unpaired) electrons. The van der Waals surface area contributed by atoms with Crippen LogP contribution in [0.15, 0.2) is 0 Å². The number of hydrogen-bond acceptors (Lipinski definition) is 6. The van der Waals surface area contributed by atoms with Crippen LogP contribution in [0.1, 0.15) is 53.9 Å². The van der Waals surface area contributed by atoms with Gasteiger partial charge >= 0.3 is 8.80 Å². The molecule has 0 spiro atoms. The van der Waals surface area contributed by atoms with Gasteiger partial charge in [-0.05, 0) is 59.7 Å². The predicted molar refractivity (Wildman–Crippen MR) is 120 cm³/mol. The summed E-state index contributed by atoms with van der Waals surface area (Å²) in [5.41, 5.74) is 0. The molecule has 0 aliphatic carbocycles. The first-order chi connectivity index (χ1) is 13.6. The van der Waals surface area contributed by atoms with Crippen LogP contribution in [0.4, 0.5) is 0 Å². The Labute approximate surface area is 175 Å². The summed E-state index contributed by atoms with van der Waals surface area (Å²) in [6.45, 7) is 23.4. The minimum Gasteiger partial charge on any atom is -0.374 e. The molecule has 0 aromatic carbocycles. The number of rotatable bonds is 17. The second-order valence-electron chi connectivity index (χ2n) is 7.61. The van der Waals surface area contributed by atoms with E-state index in [1.807, 2.05) is 20.8 Å². The van der Waals surface area contributed by atoms with Crippen molar-refractivity contribution >= 4 is 8.80 Å². The van der Waals surface area contributed by atoms with Crippen molar-refractivity contribution in [2.45, 2.75) is 59.9 Å². The fourth-order valence-electron chi connectivity index (χ4n) is 4.01. The van der Waals surface area contributed by atoms with Crippen LogP contribution >= 0.6 is 0 Å². The highest BCUT2D eigenvalue weighted by atomic mass is 28.4. The molecule has 7 heteroatoms. The van der Waals surface area contributed by atoms with E-state index < -0.39 is 8.80 Å². The second kappa shape index (κ2) is 15.8. The van der Waals surface area contributed by atoms with E-state index in [1.54, 1.807) is 0 Å². The van der Waals surface area contributed by atoms with Crippen molar-refractivity contribution in [1.82, 2.24) is 14.7 Å². The van der Waals surface area contributed by atoms with E-state index in [4.69, 9.17) is 13.3 Å². The predicted octanol–water partition coefficient (Wildman–Crippen LogP) is 3.16. The summed E-state index contributed by atoms with van der Waals surface area (Å²) in [7, 11) is -2.48. The average molecular weight is 418 g/mol. The van der Waals surface area contributed by atoms with Crippen LogP contribution in [0.3, 0.4) is 0 Å². The molecule has 28 heavy (non-hydrogen) atoms. The molecule has 0 unspecified atom stereocenters. The van der Waals surface area contributed by atoms with Crippen LogP contribution < -0.4 is 0 Å². The smallest absolute Gasteiger partial charge is 0.374 e. The Hall–Kier alpha value is -0.0231. The number of nitrogens with zero attached hydrogens (tertiary/aromatic N) is 3. The van der Waals surface area contributed by atoms with E-state index in [9.17, 15) is 0 Å². The summed E-state index contributed by atoms with van der Waals surface area (Å²) >= 11 is 0. The van der Waals surface area contributed by atoms with Gasteiger partial charge in [-0.15, -0.1) is 0 Å². The van der Waals surface area contributed by atoms with Crippen LogP contribution in [-0.4, -0.2) is 102 Å². The Morgan fingerprint density at radius 3 is 1.57 bits per heavy atom. The van der Waals surface area contributed by atoms with E-state index in [0.29, 0.717) is 19.8 Å². The minimum absolute atomic E-state index is 0.665. The van der Waals surface area contributed by atoms with Gasteiger partial charge < -0.3 is 23.1 Å². The van der Waals surface area contributed by atoms with Crippen molar-refractivity contribution in [3.8, 4) is 0 Å². The Morgan fingerprint density at radius 2 is 1.14 bits per heavy atom. The third kappa shape index (κ3) is 10.1. The lowest BCUT2D eigenvalue weighted by Crippen LogP contribution is -2.49. The zero-order valence-corrected chi connectivity index (χ0v) is 20.4. The second-order valence-corrected chi connectivity index (χ2v) is 10.3. The van der Waals surface area contributed by atoms with Crippen molar-refractivity contribution in [3.05, 3.63) is 0 Å². The Kier molecular flexibility index (Phi) is 14.6. The molecular formula is C21H47N3O3Si. The highest BCUT2D eigenvalue weighted by Gasteiger charge is 2.39. The third-order valence-corrected chi connectivity index (χ3v) is 8.48. The number of piperazine rings is 1. The van der Waals surface area contributed by atoms with Crippen LogP contribution in [0.25, 0.3) is 0 Å². The van der Waals surface area contributed by atoms with Gasteiger partial charge in [0.15, 0.2) is 0 Å². The summed E-state index contributed by atoms with van der Waals surface area (Å²) in [6.07, 6.45) is 3.60. The molecule has 1 heterocycles. The van der Waals surface area contributed by atoms with E-state index in [0.717, 1.165) is 19.0 Å². The Bertz CT molecular complexity index is 346. The van der Waals surface area contributed by atoms with Crippen molar-refractivity contribution in [1.29, 1.82) is 0 Å². The van der Waals surface area contributed by atoms with Crippen molar-refractivity contribution < 1.29 is 13.3 Å². The Balaban J connectivity index is 2.30. The van der Waals surface area contributed by atoms with Crippen molar-refractivity contribution in [2.24, 2.45) is 0 Å². The highest BCUT2D eigenvalue weighted by molar-refractivity contribution is 6.60. The van der Waals surface area contributed by atoms with Crippen LogP contribution in [0.2, 0.25) is 6.04 Å². The van der Waals surface area contributed by atoms with E-state index in [-0.39, 0.29) is 0 Å². The van der Waals surface area contributed by atoms with Gasteiger partial charge in [-0.2, -0.15) is 0 Å². The minimum atomic E-state index is -2.48. The average Bonchev–Trinajstić information content (AvgIpc) is 2.68. The van der Waals surface area contributed by atoms with Gasteiger partial charge in [-0.25, -0.2) is 0 Å². The zero-order chi connectivity index (χ0) is 20.7. The fraction of sp³-hybridized carbons (Fsp3) is 1.00. The zero-order valence-electron chi connectivity index (χ0n) is 19.4. The molecule has 0 aromatic rings. The Morgan fingerprint density at radius 1 is 0.679 bits per heavy atom. The largest absolute Gasteiger partial charge is 0.500 e. The molecule has 168 valence electrons. The van der Waals surface area contributed by atoms with Crippen LogP contribution in [0.5, 0.6) is 0 Å². The molecule has 0 aromatic heterocycles. The summed E-state index contributed by atoms with van der Waals surface area (Å²) < 4.78 is 17.9. The molecule has 0 bridgehead atoms. The van der Waals surface area contributed by atoms with Gasteiger partial charge in [-0.1, -0.05) is 13.8 Å². The van der Waals surface area contributed by atoms with E-state index >= 15 is 0 Å². The van der Waals surface area contributed by atoms with Gasteiger partial charge in [-0.3, -0.25) is 4.90 Å². The molecule has 0 amide bonds. The molecule has 0 atom stereocenters. The lowest BCUT2D eigenvalue weighted by atomic mass is 10.3. The number of hydrogen-bond donors (Lipinski definition) is 0. The summed E-state index contributed by atoms with van der Waals surface area (Å²) in [5, 5.41) is 0. The van der Waals surface area contributed by atoms with Crippen LogP contribution in [-0.2, 0) is 13.3 Å². The first-order valence-corrected chi connectivity index (χ1v) is 13.6. The maximum absolute atomic E-state index is 5.97. The van der Waals surface area contributed by atoms with Crippen molar-refractivity contribution in [2.75, 3.05) is 78.7 Å². The van der Waals surface area contributed by atoms with Gasteiger partial charge in [0.2, 0.25) is 0 Å². The van der Waals surface area contributed by atoms with E-state index in [1.165, 1.54) is 65.2 Å². The summed E-state index contributed by atoms with van der Waals surface area (Å²) in [4.78, 5) is 7.84. The third-order valence-electron chi connectivity index (χ3n) is 5.33. The highest BCUT2D eigenvalue weighted by Crippen LogP contribution is 2.19. The first-order valence-electron chi connectivity index (χ1n) is 11.7. The lowest BCUT2D eigenvalue weighted by Gasteiger charge is -2.36. The van der Waals surface area contributed by atoms with Gasteiger partial charge in [0.05, 0.1) is 0 Å². The molecule has 0 saturated carbocycles. The molecule has 1 aliphatic heterocycles. The standard InChI is InChI=1S/C21H47N3O3Si/c1-6-12-22(13-7-2)15-18-24-19-16-23(17-20-24)14-11-21-28(25-8-3,26-9-4)27-10-5/h6-21H2,1-5H3. The lowest BCUT2D eigenvalue weighted by molar-refractivity contribution is 0.0685. The molecule has 1 saturated heterocycles. The first kappa shape index (κ1) is 26.0. The molecule has 1 fully saturated rings. The van der Waals surface area contributed by atoms with Crippen LogP contribution in [0, 0.1) is 0 Å². The van der Waals surface area contributed by atoms with Gasteiger partial charge in [0.1, 0.15) is 0 Å².